The Morgan fingerprint density at radius 1 is 1.14 bits per heavy atom. The van der Waals surface area contributed by atoms with Crippen LogP contribution in [0, 0.1) is 6.92 Å². The highest BCUT2D eigenvalue weighted by atomic mass is 16.5. The molecule has 0 saturated carbocycles. The van der Waals surface area contributed by atoms with Gasteiger partial charge in [-0.15, -0.1) is 0 Å². The molecule has 0 bridgehead atoms. The van der Waals surface area contributed by atoms with Crippen LogP contribution in [-0.2, 0) is 20.9 Å². The normalized spacial score (nSPS) is 16.5. The Bertz CT molecular complexity index is 724. The van der Waals surface area contributed by atoms with Crippen LogP contribution in [0.1, 0.15) is 22.6 Å². The first-order valence-corrected chi connectivity index (χ1v) is 7.16. The average molecular weight is 295 g/mol. The van der Waals surface area contributed by atoms with Crippen LogP contribution < -0.4 is 4.90 Å². The number of fused-ring (bicyclic) bond motifs is 1. The molecular weight excluding hydrogens is 278 g/mol. The van der Waals surface area contributed by atoms with E-state index in [4.69, 9.17) is 4.74 Å². The lowest BCUT2D eigenvalue weighted by Gasteiger charge is -2.19. The first-order chi connectivity index (χ1) is 10.6. The van der Waals surface area contributed by atoms with Crippen LogP contribution in [0.2, 0.25) is 0 Å². The minimum atomic E-state index is -0.858. The molecule has 22 heavy (non-hydrogen) atoms. The smallest absolute Gasteiger partial charge is 0.322 e. The molecule has 2 aromatic carbocycles. The van der Waals surface area contributed by atoms with Gasteiger partial charge in [0.1, 0.15) is 0 Å². The maximum atomic E-state index is 12.7. The predicted octanol–water partition coefficient (Wildman–Crippen LogP) is 2.80. The highest BCUT2D eigenvalue weighted by molar-refractivity contribution is 6.16. The Hall–Kier alpha value is -2.62. The summed E-state index contributed by atoms with van der Waals surface area (Å²) in [5.74, 6) is -1.59. The summed E-state index contributed by atoms with van der Waals surface area (Å²) in [6.45, 7) is 2.40. The molecule has 2 aromatic rings. The van der Waals surface area contributed by atoms with Crippen molar-refractivity contribution >= 4 is 17.6 Å². The number of aryl methyl sites for hydroxylation is 1. The largest absolute Gasteiger partial charge is 0.468 e. The van der Waals surface area contributed by atoms with Crippen molar-refractivity contribution in [2.45, 2.75) is 19.4 Å². The Labute approximate surface area is 129 Å². The zero-order valence-electron chi connectivity index (χ0n) is 12.6. The van der Waals surface area contributed by atoms with Crippen LogP contribution >= 0.6 is 0 Å². The van der Waals surface area contributed by atoms with Crippen molar-refractivity contribution in [3.63, 3.8) is 0 Å². The molecule has 1 amide bonds. The van der Waals surface area contributed by atoms with Crippen molar-refractivity contribution in [2.24, 2.45) is 0 Å². The van der Waals surface area contributed by atoms with E-state index in [1.165, 1.54) is 7.11 Å². The Balaban J connectivity index is 2.05. The first kappa shape index (κ1) is 14.3. The minimum absolute atomic E-state index is 0.222. The molecule has 0 spiro atoms. The van der Waals surface area contributed by atoms with E-state index in [9.17, 15) is 9.59 Å². The number of methoxy groups -OCH3 is 1. The van der Waals surface area contributed by atoms with Gasteiger partial charge in [0, 0.05) is 0 Å². The minimum Gasteiger partial charge on any atom is -0.468 e. The Morgan fingerprint density at radius 3 is 2.55 bits per heavy atom. The number of hydrogen-bond donors (Lipinski definition) is 0. The number of carbonyl (C=O) groups excluding carboxylic acids is 2. The highest BCUT2D eigenvalue weighted by Gasteiger charge is 2.43. The fourth-order valence-corrected chi connectivity index (χ4v) is 2.95. The summed E-state index contributed by atoms with van der Waals surface area (Å²) in [5.41, 5.74) is 3.56. The predicted molar refractivity (Wildman–Crippen MR) is 83.6 cm³/mol. The maximum Gasteiger partial charge on any atom is 0.322 e. The highest BCUT2D eigenvalue weighted by Crippen LogP contribution is 2.41. The van der Waals surface area contributed by atoms with Crippen molar-refractivity contribution in [3.05, 3.63) is 65.2 Å². The van der Waals surface area contributed by atoms with Crippen LogP contribution in [0.3, 0.4) is 0 Å². The van der Waals surface area contributed by atoms with E-state index in [1.807, 2.05) is 55.5 Å². The molecule has 4 heteroatoms. The van der Waals surface area contributed by atoms with E-state index in [0.717, 1.165) is 22.4 Å². The molecule has 1 aliphatic rings. The van der Waals surface area contributed by atoms with Gasteiger partial charge < -0.3 is 9.64 Å². The number of amides is 1. The SMILES string of the molecule is COC(=O)C1C(=O)N(Cc2ccccc2)c2c(C)cccc21. The summed E-state index contributed by atoms with van der Waals surface area (Å²) in [6, 6.07) is 15.4. The van der Waals surface area contributed by atoms with Gasteiger partial charge in [0.2, 0.25) is 5.91 Å². The third kappa shape index (κ3) is 2.26. The van der Waals surface area contributed by atoms with Gasteiger partial charge in [-0.05, 0) is 23.6 Å². The number of anilines is 1. The molecule has 1 atom stereocenters. The van der Waals surface area contributed by atoms with Crippen molar-refractivity contribution in [1.82, 2.24) is 0 Å². The quantitative estimate of drug-likeness (QED) is 0.646. The molecule has 1 unspecified atom stereocenters. The van der Waals surface area contributed by atoms with Crippen molar-refractivity contribution in [3.8, 4) is 0 Å². The fraction of sp³-hybridized carbons (Fsp3) is 0.222. The number of carbonyl (C=O) groups is 2. The van der Waals surface area contributed by atoms with Crippen LogP contribution in [-0.4, -0.2) is 19.0 Å². The van der Waals surface area contributed by atoms with Gasteiger partial charge in [-0.3, -0.25) is 9.59 Å². The first-order valence-electron chi connectivity index (χ1n) is 7.16. The molecule has 0 saturated heterocycles. The topological polar surface area (TPSA) is 46.6 Å². The molecular formula is C18H17NO3. The summed E-state index contributed by atoms with van der Waals surface area (Å²) < 4.78 is 4.81. The second-order valence-electron chi connectivity index (χ2n) is 5.38. The van der Waals surface area contributed by atoms with Crippen molar-refractivity contribution in [2.75, 3.05) is 12.0 Å². The standard InChI is InChI=1S/C18H17NO3/c1-12-7-6-10-14-15(18(21)22-2)17(20)19(16(12)14)11-13-8-4-3-5-9-13/h3-10,15H,11H2,1-2H3. The summed E-state index contributed by atoms with van der Waals surface area (Å²) in [6.07, 6.45) is 0. The van der Waals surface area contributed by atoms with Gasteiger partial charge in [0.25, 0.3) is 0 Å². The van der Waals surface area contributed by atoms with Crippen LogP contribution in [0.5, 0.6) is 0 Å². The molecule has 4 nitrogen and oxygen atoms in total. The second kappa shape index (κ2) is 5.64. The van der Waals surface area contributed by atoms with E-state index >= 15 is 0 Å². The van der Waals surface area contributed by atoms with Crippen LogP contribution in [0.4, 0.5) is 5.69 Å². The fourth-order valence-electron chi connectivity index (χ4n) is 2.95. The monoisotopic (exact) mass is 295 g/mol. The number of ether oxygens (including phenoxy) is 1. The molecule has 3 rings (SSSR count). The Morgan fingerprint density at radius 2 is 1.86 bits per heavy atom. The third-order valence-electron chi connectivity index (χ3n) is 3.98. The number of para-hydroxylation sites is 1. The molecule has 1 aliphatic heterocycles. The summed E-state index contributed by atoms with van der Waals surface area (Å²) in [7, 11) is 1.31. The number of rotatable bonds is 3. The van der Waals surface area contributed by atoms with E-state index < -0.39 is 11.9 Å². The van der Waals surface area contributed by atoms with Gasteiger partial charge in [-0.1, -0.05) is 48.5 Å². The average Bonchev–Trinajstić information content (AvgIpc) is 2.81. The maximum absolute atomic E-state index is 12.7. The lowest BCUT2D eigenvalue weighted by Crippen LogP contribution is -2.31. The van der Waals surface area contributed by atoms with E-state index in [0.29, 0.717) is 6.54 Å². The van der Waals surface area contributed by atoms with E-state index in [-0.39, 0.29) is 5.91 Å². The number of esters is 1. The van der Waals surface area contributed by atoms with Crippen molar-refractivity contribution < 1.29 is 14.3 Å². The van der Waals surface area contributed by atoms with Gasteiger partial charge in [0.15, 0.2) is 5.92 Å². The number of benzene rings is 2. The van der Waals surface area contributed by atoms with Gasteiger partial charge in [-0.2, -0.15) is 0 Å². The molecule has 112 valence electrons. The second-order valence-corrected chi connectivity index (χ2v) is 5.38. The van der Waals surface area contributed by atoms with Gasteiger partial charge >= 0.3 is 5.97 Å². The van der Waals surface area contributed by atoms with Gasteiger partial charge in [0.05, 0.1) is 19.3 Å². The number of nitrogens with zero attached hydrogens (tertiary/aromatic N) is 1. The molecule has 0 fully saturated rings. The zero-order chi connectivity index (χ0) is 15.7. The number of hydrogen-bond acceptors (Lipinski definition) is 3. The lowest BCUT2D eigenvalue weighted by molar-refractivity contribution is -0.145. The molecule has 0 aromatic heterocycles. The summed E-state index contributed by atoms with van der Waals surface area (Å²) in [5, 5.41) is 0. The molecule has 0 aliphatic carbocycles. The lowest BCUT2D eigenvalue weighted by atomic mass is 9.99. The van der Waals surface area contributed by atoms with E-state index in [2.05, 4.69) is 0 Å². The van der Waals surface area contributed by atoms with E-state index in [1.54, 1.807) is 4.90 Å². The molecule has 0 N–H and O–H groups in total. The molecule has 0 radical (unpaired) electrons. The summed E-state index contributed by atoms with van der Waals surface area (Å²) in [4.78, 5) is 26.5. The zero-order valence-corrected chi connectivity index (χ0v) is 12.6. The van der Waals surface area contributed by atoms with Gasteiger partial charge in [-0.25, -0.2) is 0 Å². The Kier molecular flexibility index (Phi) is 3.67. The third-order valence-corrected chi connectivity index (χ3v) is 3.98. The summed E-state index contributed by atoms with van der Waals surface area (Å²) >= 11 is 0. The molecule has 1 heterocycles. The van der Waals surface area contributed by atoms with Crippen LogP contribution in [0.25, 0.3) is 0 Å². The van der Waals surface area contributed by atoms with Crippen molar-refractivity contribution in [1.29, 1.82) is 0 Å². The van der Waals surface area contributed by atoms with Crippen LogP contribution in [0.15, 0.2) is 48.5 Å².